The highest BCUT2D eigenvalue weighted by Crippen LogP contribution is 2.25. The Morgan fingerprint density at radius 1 is 1.33 bits per heavy atom. The van der Waals surface area contributed by atoms with Crippen LogP contribution < -0.4 is 5.32 Å². The molecule has 0 aliphatic heterocycles. The highest BCUT2D eigenvalue weighted by Gasteiger charge is 2.19. The number of benzene rings is 1. The normalized spacial score (nSPS) is 12.0. The Labute approximate surface area is 123 Å². The lowest BCUT2D eigenvalue weighted by Crippen LogP contribution is -2.18. The topological polar surface area (TPSA) is 111 Å². The fourth-order valence-electron chi connectivity index (χ4n) is 1.78. The summed E-state index contributed by atoms with van der Waals surface area (Å²) in [7, 11) is 0. The Bertz CT molecular complexity index is 659. The highest BCUT2D eigenvalue weighted by molar-refractivity contribution is 7.09. The fraction of sp³-hybridized carbons (Fsp3) is 0.250. The summed E-state index contributed by atoms with van der Waals surface area (Å²) < 4.78 is 0. The van der Waals surface area contributed by atoms with Crippen molar-refractivity contribution in [2.75, 3.05) is 0 Å². The van der Waals surface area contributed by atoms with Crippen LogP contribution in [0.15, 0.2) is 29.8 Å². The summed E-state index contributed by atoms with van der Waals surface area (Å²) in [6, 6.07) is 3.58. The fourth-order valence-corrected chi connectivity index (χ4v) is 2.45. The van der Waals surface area contributed by atoms with Gasteiger partial charge < -0.3 is 5.32 Å². The number of nitro groups is 2. The Balaban J connectivity index is 2.16. The van der Waals surface area contributed by atoms with Crippen LogP contribution in [-0.2, 0) is 6.54 Å². The van der Waals surface area contributed by atoms with Crippen LogP contribution in [0.5, 0.6) is 0 Å². The number of aromatic nitrogens is 1. The number of nitrogens with one attached hydrogen (secondary N) is 1. The Morgan fingerprint density at radius 3 is 2.67 bits per heavy atom. The quantitative estimate of drug-likeness (QED) is 0.648. The van der Waals surface area contributed by atoms with Gasteiger partial charge in [0.2, 0.25) is 0 Å². The average molecular weight is 308 g/mol. The number of hydrogen-bond acceptors (Lipinski definition) is 7. The summed E-state index contributed by atoms with van der Waals surface area (Å²) in [5.41, 5.74) is -0.157. The van der Waals surface area contributed by atoms with Gasteiger partial charge in [0.25, 0.3) is 11.4 Å². The predicted octanol–water partition coefficient (Wildman–Crippen LogP) is 2.81. The minimum absolute atomic E-state index is 0.0557. The third-order valence-electron chi connectivity index (χ3n) is 2.90. The zero-order chi connectivity index (χ0) is 15.4. The van der Waals surface area contributed by atoms with Crippen molar-refractivity contribution in [3.63, 3.8) is 0 Å². The van der Waals surface area contributed by atoms with Crippen LogP contribution in [0.2, 0.25) is 0 Å². The summed E-state index contributed by atoms with van der Waals surface area (Å²) >= 11 is 1.49. The molecule has 110 valence electrons. The first-order valence-corrected chi connectivity index (χ1v) is 6.91. The second kappa shape index (κ2) is 6.37. The van der Waals surface area contributed by atoms with E-state index in [-0.39, 0.29) is 24.0 Å². The van der Waals surface area contributed by atoms with Crippen molar-refractivity contribution >= 4 is 22.7 Å². The zero-order valence-corrected chi connectivity index (χ0v) is 11.9. The summed E-state index contributed by atoms with van der Waals surface area (Å²) in [6.07, 6.45) is 1.69. The Morgan fingerprint density at radius 2 is 2.10 bits per heavy atom. The zero-order valence-electron chi connectivity index (χ0n) is 11.1. The maximum atomic E-state index is 11.0. The second-order valence-electron chi connectivity index (χ2n) is 4.30. The monoisotopic (exact) mass is 308 g/mol. The first kappa shape index (κ1) is 15.0. The van der Waals surface area contributed by atoms with Gasteiger partial charge in [0, 0.05) is 29.8 Å². The van der Waals surface area contributed by atoms with Gasteiger partial charge in [0.15, 0.2) is 0 Å². The van der Waals surface area contributed by atoms with Gasteiger partial charge in [-0.1, -0.05) is 0 Å². The largest absolute Gasteiger partial charge is 0.304 e. The van der Waals surface area contributed by atoms with Crippen molar-refractivity contribution in [1.82, 2.24) is 10.3 Å². The van der Waals surface area contributed by atoms with Gasteiger partial charge in [-0.15, -0.1) is 11.3 Å². The molecule has 0 fully saturated rings. The molecule has 0 amide bonds. The maximum absolute atomic E-state index is 11.0. The smallest absolute Gasteiger partial charge is 0.280 e. The molecule has 0 radical (unpaired) electrons. The summed E-state index contributed by atoms with van der Waals surface area (Å²) in [5, 5.41) is 27.5. The summed E-state index contributed by atoms with van der Waals surface area (Å²) in [6.45, 7) is 2.13. The number of non-ortho nitro benzene ring substituents is 1. The van der Waals surface area contributed by atoms with Crippen LogP contribution >= 0.6 is 11.3 Å². The molecule has 9 heteroatoms. The molecule has 21 heavy (non-hydrogen) atoms. The van der Waals surface area contributed by atoms with Gasteiger partial charge >= 0.3 is 0 Å². The molecule has 1 unspecified atom stereocenters. The van der Waals surface area contributed by atoms with Crippen molar-refractivity contribution in [1.29, 1.82) is 0 Å². The number of hydrogen-bond donors (Lipinski definition) is 1. The van der Waals surface area contributed by atoms with E-state index in [9.17, 15) is 20.2 Å². The van der Waals surface area contributed by atoms with Gasteiger partial charge in [-0.3, -0.25) is 20.2 Å². The van der Waals surface area contributed by atoms with Gasteiger partial charge in [-0.25, -0.2) is 4.98 Å². The molecule has 1 atom stereocenters. The molecule has 2 rings (SSSR count). The molecule has 0 saturated carbocycles. The lowest BCUT2D eigenvalue weighted by molar-refractivity contribution is -0.394. The van der Waals surface area contributed by atoms with Crippen molar-refractivity contribution in [3.05, 3.63) is 60.6 Å². The number of nitrogens with zero attached hydrogens (tertiary/aromatic N) is 3. The van der Waals surface area contributed by atoms with E-state index in [1.54, 1.807) is 6.20 Å². The van der Waals surface area contributed by atoms with E-state index in [0.29, 0.717) is 5.56 Å². The van der Waals surface area contributed by atoms with Gasteiger partial charge in [0.1, 0.15) is 5.01 Å². The third kappa shape index (κ3) is 3.58. The van der Waals surface area contributed by atoms with Gasteiger partial charge in [-0.05, 0) is 13.0 Å². The van der Waals surface area contributed by atoms with E-state index < -0.39 is 9.85 Å². The predicted molar refractivity (Wildman–Crippen MR) is 77.1 cm³/mol. The number of thiazole rings is 1. The van der Waals surface area contributed by atoms with Gasteiger partial charge in [-0.2, -0.15) is 0 Å². The van der Waals surface area contributed by atoms with Crippen LogP contribution in [0.1, 0.15) is 23.5 Å². The molecule has 0 spiro atoms. The molecule has 0 bridgehead atoms. The molecule has 0 aliphatic rings. The molecule has 0 aliphatic carbocycles. The lowest BCUT2D eigenvalue weighted by atomic mass is 10.1. The molecule has 1 aromatic carbocycles. The van der Waals surface area contributed by atoms with Crippen LogP contribution in [-0.4, -0.2) is 14.8 Å². The standard InChI is InChI=1S/C12H12N4O4S/c1-8(12-13-4-5-21-12)14-7-9-2-3-10(15(17)18)6-11(9)16(19)20/h2-6,8,14H,7H2,1H3. The maximum Gasteiger partial charge on any atom is 0.280 e. The van der Waals surface area contributed by atoms with Crippen LogP contribution in [0.4, 0.5) is 11.4 Å². The Hall–Kier alpha value is -2.39. The second-order valence-corrected chi connectivity index (χ2v) is 5.23. The van der Waals surface area contributed by atoms with E-state index in [1.165, 1.54) is 23.5 Å². The van der Waals surface area contributed by atoms with E-state index in [0.717, 1.165) is 11.1 Å². The molecule has 2 aromatic rings. The van der Waals surface area contributed by atoms with Crippen molar-refractivity contribution in [3.8, 4) is 0 Å². The molecule has 1 N–H and O–H groups in total. The van der Waals surface area contributed by atoms with E-state index in [2.05, 4.69) is 10.3 Å². The average Bonchev–Trinajstić information content (AvgIpc) is 2.98. The van der Waals surface area contributed by atoms with Crippen LogP contribution in [0.3, 0.4) is 0 Å². The molecule has 1 aromatic heterocycles. The molecular formula is C12H12N4O4S. The molecule has 8 nitrogen and oxygen atoms in total. The Kier molecular flexibility index (Phi) is 4.55. The summed E-state index contributed by atoms with van der Waals surface area (Å²) in [5.74, 6) is 0. The number of nitro benzene ring substituents is 2. The summed E-state index contributed by atoms with van der Waals surface area (Å²) in [4.78, 5) is 24.6. The first-order valence-electron chi connectivity index (χ1n) is 6.03. The van der Waals surface area contributed by atoms with Crippen LogP contribution in [0, 0.1) is 20.2 Å². The van der Waals surface area contributed by atoms with Crippen LogP contribution in [0.25, 0.3) is 0 Å². The van der Waals surface area contributed by atoms with Crippen molar-refractivity contribution in [2.24, 2.45) is 0 Å². The van der Waals surface area contributed by atoms with Gasteiger partial charge in [0.05, 0.1) is 22.0 Å². The van der Waals surface area contributed by atoms with Crippen molar-refractivity contribution in [2.45, 2.75) is 19.5 Å². The van der Waals surface area contributed by atoms with E-state index in [4.69, 9.17) is 0 Å². The lowest BCUT2D eigenvalue weighted by Gasteiger charge is -2.11. The van der Waals surface area contributed by atoms with E-state index >= 15 is 0 Å². The molecular weight excluding hydrogens is 296 g/mol. The third-order valence-corrected chi connectivity index (χ3v) is 3.86. The first-order chi connectivity index (χ1) is 9.99. The number of rotatable bonds is 6. The van der Waals surface area contributed by atoms with Crippen molar-refractivity contribution < 1.29 is 9.85 Å². The minimum atomic E-state index is -0.650. The highest BCUT2D eigenvalue weighted by atomic mass is 32.1. The van der Waals surface area contributed by atoms with E-state index in [1.807, 2.05) is 12.3 Å². The minimum Gasteiger partial charge on any atom is -0.304 e. The molecule has 1 heterocycles. The SMILES string of the molecule is CC(NCc1ccc([N+](=O)[O-])cc1[N+](=O)[O-])c1nccs1. The molecule has 0 saturated heterocycles.